The Hall–Kier alpha value is -3.50. The molecule has 2 aliphatic rings. The molecule has 11 heteroatoms. The van der Waals surface area contributed by atoms with Crippen LogP contribution >= 0.6 is 11.6 Å². The van der Waals surface area contributed by atoms with E-state index in [-0.39, 0.29) is 36.2 Å². The Bertz CT molecular complexity index is 1400. The number of para-hydroxylation sites is 1. The number of amides is 2. The summed E-state index contributed by atoms with van der Waals surface area (Å²) in [6.45, 7) is -0.143. The molecule has 0 bridgehead atoms. The van der Waals surface area contributed by atoms with Crippen LogP contribution in [0.1, 0.15) is 34.3 Å². The van der Waals surface area contributed by atoms with Crippen LogP contribution in [-0.4, -0.2) is 46.3 Å². The zero-order chi connectivity index (χ0) is 27.9. The number of rotatable bonds is 6. The molecule has 0 spiro atoms. The standard InChI is InChI=1S/C28H24ClF4N3O3/c29-20-12-22(35-26(37)15-5-4-10-34-13-15)17(25(32)33)11-16(20)14-36-23-9-2-1-6-18(23)28(39,27(36)38)19-7-3-8-21(30)24(19)31/h1-10,13,16-17,20,22,25,39H,11-12,14H2,(H,35,37)/t16-,17-,20-,22-,28-/m1/s1. The van der Waals surface area contributed by atoms with Crippen LogP contribution in [0.15, 0.2) is 67.0 Å². The zero-order valence-corrected chi connectivity index (χ0v) is 21.2. The van der Waals surface area contributed by atoms with E-state index in [9.17, 15) is 32.3 Å². The molecule has 2 heterocycles. The Morgan fingerprint density at radius 2 is 1.85 bits per heavy atom. The van der Waals surface area contributed by atoms with E-state index in [4.69, 9.17) is 11.6 Å². The first-order chi connectivity index (χ1) is 18.6. The largest absolute Gasteiger partial charge is 0.372 e. The van der Waals surface area contributed by atoms with Crippen LogP contribution in [0.25, 0.3) is 0 Å². The van der Waals surface area contributed by atoms with E-state index < -0.39 is 64.3 Å². The normalized spacial score (nSPS) is 26.5. The van der Waals surface area contributed by atoms with Crippen LogP contribution in [0.2, 0.25) is 0 Å². The van der Waals surface area contributed by atoms with E-state index in [1.807, 2.05) is 0 Å². The number of anilines is 1. The van der Waals surface area contributed by atoms with Gasteiger partial charge < -0.3 is 15.3 Å². The minimum absolute atomic E-state index is 0.0136. The Morgan fingerprint density at radius 1 is 1.10 bits per heavy atom. The summed E-state index contributed by atoms with van der Waals surface area (Å²) in [5, 5.41) is 13.5. The molecule has 0 unspecified atom stereocenters. The second kappa shape index (κ2) is 10.6. The number of halogens is 5. The van der Waals surface area contributed by atoms with Crippen molar-refractivity contribution >= 4 is 29.1 Å². The first-order valence-corrected chi connectivity index (χ1v) is 12.8. The number of alkyl halides is 3. The second-order valence-electron chi connectivity index (χ2n) is 9.81. The van der Waals surface area contributed by atoms with Gasteiger partial charge in [0.15, 0.2) is 17.2 Å². The molecule has 6 nitrogen and oxygen atoms in total. The molecule has 2 aromatic carbocycles. The molecule has 204 valence electrons. The maximum Gasteiger partial charge on any atom is 0.268 e. The van der Waals surface area contributed by atoms with Crippen LogP contribution in [0.5, 0.6) is 0 Å². The average Bonchev–Trinajstić information content (AvgIpc) is 3.14. The number of aliphatic hydroxyl groups is 1. The van der Waals surface area contributed by atoms with Gasteiger partial charge in [0.1, 0.15) is 0 Å². The van der Waals surface area contributed by atoms with Gasteiger partial charge in [0, 0.05) is 47.4 Å². The molecule has 3 aromatic rings. The Labute approximate surface area is 226 Å². The lowest BCUT2D eigenvalue weighted by atomic mass is 9.77. The smallest absolute Gasteiger partial charge is 0.268 e. The van der Waals surface area contributed by atoms with E-state index in [1.165, 1.54) is 41.6 Å². The number of aromatic nitrogens is 1. The first kappa shape index (κ1) is 27.1. The molecule has 1 aliphatic heterocycles. The summed E-state index contributed by atoms with van der Waals surface area (Å²) in [5.41, 5.74) is -2.53. The molecule has 5 atom stereocenters. The molecule has 0 radical (unpaired) electrons. The molecular weight excluding hydrogens is 538 g/mol. The zero-order valence-electron chi connectivity index (χ0n) is 20.4. The van der Waals surface area contributed by atoms with E-state index in [0.29, 0.717) is 0 Å². The molecule has 1 fully saturated rings. The van der Waals surface area contributed by atoms with Gasteiger partial charge in [-0.1, -0.05) is 30.3 Å². The van der Waals surface area contributed by atoms with E-state index in [0.717, 1.165) is 12.1 Å². The second-order valence-corrected chi connectivity index (χ2v) is 10.4. The maximum atomic E-state index is 14.8. The summed E-state index contributed by atoms with van der Waals surface area (Å²) < 4.78 is 57.2. The SMILES string of the molecule is O=C(N[C@@H]1C[C@@H](Cl)[C@@H](CN2C(=O)[C@](O)(c3cccc(F)c3F)c3ccccc32)C[C@H]1C(F)F)c1cccnc1. The van der Waals surface area contributed by atoms with Crippen LogP contribution in [0.4, 0.5) is 23.2 Å². The highest BCUT2D eigenvalue weighted by atomic mass is 35.5. The molecular formula is C28H24ClF4N3O3. The third kappa shape index (κ3) is 4.76. The molecule has 1 saturated carbocycles. The molecule has 5 rings (SSSR count). The molecule has 1 aliphatic carbocycles. The Morgan fingerprint density at radius 3 is 2.56 bits per heavy atom. The fraction of sp³-hybridized carbons (Fsp3) is 0.321. The van der Waals surface area contributed by atoms with Crippen LogP contribution in [-0.2, 0) is 10.4 Å². The van der Waals surface area contributed by atoms with Gasteiger partial charge in [-0.3, -0.25) is 14.6 Å². The number of fused-ring (bicyclic) bond motifs is 1. The van der Waals surface area contributed by atoms with E-state index in [1.54, 1.807) is 18.2 Å². The van der Waals surface area contributed by atoms with E-state index in [2.05, 4.69) is 10.3 Å². The summed E-state index contributed by atoms with van der Waals surface area (Å²) in [4.78, 5) is 31.3. The summed E-state index contributed by atoms with van der Waals surface area (Å²) in [5.74, 6) is -5.96. The van der Waals surface area contributed by atoms with Gasteiger partial charge in [-0.15, -0.1) is 11.6 Å². The third-order valence-electron chi connectivity index (χ3n) is 7.54. The minimum atomic E-state index is -2.78. The van der Waals surface area contributed by atoms with Gasteiger partial charge in [0.05, 0.1) is 11.3 Å². The van der Waals surface area contributed by atoms with Gasteiger partial charge in [0.25, 0.3) is 11.8 Å². The number of carbonyl (C=O) groups is 2. The average molecular weight is 562 g/mol. The number of nitrogens with zero attached hydrogens (tertiary/aromatic N) is 2. The number of hydrogen-bond acceptors (Lipinski definition) is 4. The van der Waals surface area contributed by atoms with Crippen molar-refractivity contribution in [3.8, 4) is 0 Å². The predicted octanol–water partition coefficient (Wildman–Crippen LogP) is 4.64. The number of hydrogen-bond donors (Lipinski definition) is 2. The quantitative estimate of drug-likeness (QED) is 0.339. The van der Waals surface area contributed by atoms with Crippen LogP contribution < -0.4 is 10.2 Å². The van der Waals surface area contributed by atoms with E-state index >= 15 is 0 Å². The highest BCUT2D eigenvalue weighted by Crippen LogP contribution is 2.47. The van der Waals surface area contributed by atoms with Crippen molar-refractivity contribution in [3.63, 3.8) is 0 Å². The lowest BCUT2D eigenvalue weighted by molar-refractivity contribution is -0.132. The minimum Gasteiger partial charge on any atom is -0.372 e. The molecule has 2 amide bonds. The molecule has 0 saturated heterocycles. The number of pyridine rings is 1. The summed E-state index contributed by atoms with van der Waals surface area (Å²) in [7, 11) is 0. The maximum absolute atomic E-state index is 14.8. The molecule has 1 aromatic heterocycles. The van der Waals surface area contributed by atoms with Crippen molar-refractivity contribution in [2.24, 2.45) is 11.8 Å². The van der Waals surface area contributed by atoms with Crippen molar-refractivity contribution in [2.45, 2.75) is 36.3 Å². The fourth-order valence-corrected chi connectivity index (χ4v) is 5.92. The number of carbonyl (C=O) groups excluding carboxylic acids is 2. The van der Waals surface area contributed by atoms with Crippen molar-refractivity contribution < 1.29 is 32.3 Å². The summed E-state index contributed by atoms with van der Waals surface area (Å²) in [6, 6.07) is 11.5. The monoisotopic (exact) mass is 561 g/mol. The molecule has 2 N–H and O–H groups in total. The lowest BCUT2D eigenvalue weighted by Crippen LogP contribution is -2.52. The predicted molar refractivity (Wildman–Crippen MR) is 136 cm³/mol. The van der Waals surface area contributed by atoms with Gasteiger partial charge in [-0.2, -0.15) is 0 Å². The van der Waals surface area contributed by atoms with Crippen molar-refractivity contribution in [1.29, 1.82) is 0 Å². The Balaban J connectivity index is 1.40. The highest BCUT2D eigenvalue weighted by molar-refractivity contribution is 6.21. The lowest BCUT2D eigenvalue weighted by Gasteiger charge is -2.40. The van der Waals surface area contributed by atoms with Crippen molar-refractivity contribution in [2.75, 3.05) is 11.4 Å². The van der Waals surface area contributed by atoms with Crippen LogP contribution in [0.3, 0.4) is 0 Å². The fourth-order valence-electron chi connectivity index (χ4n) is 5.55. The first-order valence-electron chi connectivity index (χ1n) is 12.3. The number of benzene rings is 2. The van der Waals surface area contributed by atoms with Crippen molar-refractivity contribution in [3.05, 3.63) is 95.3 Å². The van der Waals surface area contributed by atoms with Gasteiger partial charge in [-0.05, 0) is 43.0 Å². The summed E-state index contributed by atoms with van der Waals surface area (Å²) >= 11 is 6.65. The highest BCUT2D eigenvalue weighted by Gasteiger charge is 2.54. The van der Waals surface area contributed by atoms with Crippen molar-refractivity contribution in [1.82, 2.24) is 10.3 Å². The van der Waals surface area contributed by atoms with Gasteiger partial charge >= 0.3 is 0 Å². The van der Waals surface area contributed by atoms with Gasteiger partial charge in [0.2, 0.25) is 6.43 Å². The number of nitrogens with one attached hydrogen (secondary N) is 1. The summed E-state index contributed by atoms with van der Waals surface area (Å²) in [6.07, 6.45) is -0.0753. The third-order valence-corrected chi connectivity index (χ3v) is 8.08. The van der Waals surface area contributed by atoms with Gasteiger partial charge in [-0.25, -0.2) is 17.6 Å². The topological polar surface area (TPSA) is 82.5 Å². The Kier molecular flexibility index (Phi) is 7.35. The molecule has 39 heavy (non-hydrogen) atoms. The van der Waals surface area contributed by atoms with Crippen LogP contribution in [0, 0.1) is 23.5 Å².